The fraction of sp³-hybridized carbons (Fsp3) is 0.500. The summed E-state index contributed by atoms with van der Waals surface area (Å²) < 4.78 is 136. The zero-order valence-electron chi connectivity index (χ0n) is 33.3. The van der Waals surface area contributed by atoms with Gasteiger partial charge in [-0.2, -0.15) is 17.2 Å². The summed E-state index contributed by atoms with van der Waals surface area (Å²) in [5.74, 6) is -0.113. The highest BCUT2D eigenvalue weighted by molar-refractivity contribution is 7.67. The molecule has 396 valence electrons. The second kappa shape index (κ2) is 21.4. The van der Waals surface area contributed by atoms with Crippen LogP contribution in [0.5, 0.6) is 0 Å². The number of aliphatic hydroxyl groups is 2. The zero-order chi connectivity index (χ0) is 52.8. The van der Waals surface area contributed by atoms with Gasteiger partial charge in [0.25, 0.3) is 0 Å². The first-order chi connectivity index (χ1) is 31.8. The summed E-state index contributed by atoms with van der Waals surface area (Å²) in [5.41, 5.74) is 11.5. The third-order valence-electron chi connectivity index (χ3n) is 8.10. The molecule has 0 aromatic carbocycles. The van der Waals surface area contributed by atoms with Gasteiger partial charge in [-0.1, -0.05) is 0 Å². The maximum Gasteiger partial charge on any atom is 0.490 e. The molecule has 4 unspecified atom stereocenters. The number of phosphoric ester groups is 4. The van der Waals surface area contributed by atoms with Crippen molar-refractivity contribution in [2.24, 2.45) is 0 Å². The molecule has 0 amide bonds. The highest BCUT2D eigenvalue weighted by atomic mass is 31.3. The first-order valence-electron chi connectivity index (χ1n) is 17.3. The van der Waals surface area contributed by atoms with Crippen LogP contribution in [-0.4, -0.2) is 158 Å². The first-order valence-corrected chi connectivity index (χ1v) is 29.4. The normalized spacial score (nSPS) is 27.1. The van der Waals surface area contributed by atoms with E-state index in [4.69, 9.17) is 50.3 Å². The number of nitrogen functional groups attached to an aromatic ring is 2. The number of nitrogens with two attached hydrogens (primary N) is 2. The maximum absolute atomic E-state index is 12.0. The number of hydrogen-bond acceptors (Lipinski definition) is 28. The van der Waals surface area contributed by atoms with E-state index in [0.29, 0.717) is 0 Å². The maximum atomic E-state index is 12.0. The van der Waals surface area contributed by atoms with E-state index in [1.54, 1.807) is 0 Å². The van der Waals surface area contributed by atoms with Crippen LogP contribution >= 0.6 is 62.6 Å². The summed E-state index contributed by atoms with van der Waals surface area (Å²) in [7, 11) is -44.6. The third-order valence-corrected chi connectivity index (χ3v) is 16.7. The summed E-state index contributed by atoms with van der Waals surface area (Å²) in [6.45, 7) is -2.31. The molecule has 0 spiro atoms. The summed E-state index contributed by atoms with van der Waals surface area (Å²) in [6, 6.07) is 0. The lowest BCUT2D eigenvalue weighted by Gasteiger charge is -2.22. The van der Waals surface area contributed by atoms with Gasteiger partial charge in [-0.05, 0) is 0 Å². The lowest BCUT2D eigenvalue weighted by atomic mass is 10.1. The number of phosphoric acid groups is 8. The fourth-order valence-corrected chi connectivity index (χ4v) is 13.0. The number of rotatable bonds is 20. The van der Waals surface area contributed by atoms with Crippen LogP contribution in [0.4, 0.5) is 11.6 Å². The van der Waals surface area contributed by atoms with Gasteiger partial charge < -0.3 is 89.9 Å². The van der Waals surface area contributed by atoms with Crippen molar-refractivity contribution in [1.29, 1.82) is 0 Å². The van der Waals surface area contributed by atoms with Crippen molar-refractivity contribution < 1.29 is 150 Å². The number of aromatic nitrogens is 8. The van der Waals surface area contributed by atoms with Crippen molar-refractivity contribution in [2.45, 2.75) is 49.1 Å². The predicted octanol–water partition coefficient (Wildman–Crippen LogP) is -3.02. The van der Waals surface area contributed by atoms with Gasteiger partial charge in [0.15, 0.2) is 35.4 Å². The Balaban J connectivity index is 0.000000261. The Labute approximate surface area is 384 Å². The molecular formula is C20H34N10O32P8. The molecule has 2 saturated heterocycles. The molecule has 70 heavy (non-hydrogen) atoms. The van der Waals surface area contributed by atoms with Gasteiger partial charge in [-0.15, -0.1) is 0 Å². The molecule has 2 aliphatic heterocycles. The minimum atomic E-state index is -5.83. The molecule has 0 radical (unpaired) electrons. The molecule has 0 saturated carbocycles. The van der Waals surface area contributed by atoms with E-state index in [1.165, 1.54) is 0 Å². The number of fused-ring (bicyclic) bond motifs is 2. The summed E-state index contributed by atoms with van der Waals surface area (Å²) in [5, 5.41) is 21.1. The Hall–Kier alpha value is -2.42. The molecular weight excluding hydrogens is 1140 g/mol. The summed E-state index contributed by atoms with van der Waals surface area (Å²) >= 11 is 0. The molecule has 4 aromatic heterocycles. The average Bonchev–Trinajstić information content (AvgIpc) is 3.92. The van der Waals surface area contributed by atoms with Crippen molar-refractivity contribution in [3.63, 3.8) is 0 Å². The Bertz CT molecular complexity index is 2940. The van der Waals surface area contributed by atoms with Crippen LogP contribution in [0, 0.1) is 0 Å². The van der Waals surface area contributed by atoms with Gasteiger partial charge in [-0.3, -0.25) is 27.2 Å². The third kappa shape index (κ3) is 16.3. The molecule has 18 N–H and O–H groups in total. The molecule has 12 atom stereocenters. The monoisotopic (exact) mass is 1170 g/mol. The molecule has 0 aliphatic carbocycles. The fourth-order valence-electron chi connectivity index (χ4n) is 5.78. The molecule has 42 nitrogen and oxygen atoms in total. The van der Waals surface area contributed by atoms with Gasteiger partial charge in [0, 0.05) is 0 Å². The quantitative estimate of drug-likeness (QED) is 0.0392. The SMILES string of the molecule is Nc1ncnc2c1ncn2[C@@H]1O[C@H](COP(=O)(O)OP(=O)(O)OP(=O)(O)O)[C@@H](O)[C@H]1OP(=O)(O)O.Nc1ncnc2c1ncn2[C@@H]1O[C@H](COP(=O)(O)OP(=O)(O)OP(=O)(O)O)[C@@H](OP(=O)(O)O)[C@H]1O. The molecule has 50 heteroatoms. The van der Waals surface area contributed by atoms with Gasteiger partial charge >= 0.3 is 62.6 Å². The molecule has 2 fully saturated rings. The number of hydrogen-bond donors (Lipinski definition) is 16. The number of nitrogens with zero attached hydrogens (tertiary/aromatic N) is 8. The molecule has 6 heterocycles. The Kier molecular flexibility index (Phi) is 17.9. The second-order valence-electron chi connectivity index (χ2n) is 13.2. The average molecular weight is 1170 g/mol. The standard InChI is InChI=1S/2C10H17N5O16P4/c11-8-5-9(13-2-12-8)15(3-14-5)10-6(16)7(29-32(17,18)19)4(28-10)1-27-34(23,24)31-35(25,26)30-33(20,21)22;11-8-5-9(13-2-12-8)15(3-14-5)10-7(29-32(17,18)19)6(16)4(28-10)1-27-34(23,24)31-35(25,26)30-33(20,21)22/h2*2-4,6-7,10,16H,1H2,(H,23,24)(H,25,26)(H2,11,12,13)(H2,17,18,19)(H2,20,21,22)/t2*4-,6-,7-,10-/m11/s1. The Morgan fingerprint density at radius 1 is 0.486 bits per heavy atom. The van der Waals surface area contributed by atoms with Crippen LogP contribution in [0.3, 0.4) is 0 Å². The highest BCUT2D eigenvalue weighted by Crippen LogP contribution is 2.67. The van der Waals surface area contributed by atoms with E-state index in [-0.39, 0.29) is 34.0 Å². The van der Waals surface area contributed by atoms with Crippen molar-refractivity contribution in [1.82, 2.24) is 39.0 Å². The van der Waals surface area contributed by atoms with Gasteiger partial charge in [-0.25, -0.2) is 66.4 Å². The lowest BCUT2D eigenvalue weighted by Crippen LogP contribution is -2.35. The van der Waals surface area contributed by atoms with E-state index in [1.807, 2.05) is 0 Å². The van der Waals surface area contributed by atoms with E-state index in [0.717, 1.165) is 34.4 Å². The summed E-state index contributed by atoms with van der Waals surface area (Å²) in [6.07, 6.45) is -9.93. The van der Waals surface area contributed by atoms with Gasteiger partial charge in [0.1, 0.15) is 60.3 Å². The van der Waals surface area contributed by atoms with Crippen molar-refractivity contribution in [3.05, 3.63) is 25.3 Å². The van der Waals surface area contributed by atoms with Crippen LogP contribution in [-0.2, 0) is 81.3 Å². The van der Waals surface area contributed by atoms with Gasteiger partial charge in [0.05, 0.1) is 25.9 Å². The first kappa shape index (κ1) is 58.5. The molecule has 0 bridgehead atoms. The largest absolute Gasteiger partial charge is 0.490 e. The van der Waals surface area contributed by atoms with E-state index >= 15 is 0 Å². The number of imidazole rings is 2. The van der Waals surface area contributed by atoms with Crippen LogP contribution in [0.2, 0.25) is 0 Å². The zero-order valence-corrected chi connectivity index (χ0v) is 40.4. The predicted molar refractivity (Wildman–Crippen MR) is 213 cm³/mol. The minimum absolute atomic E-state index is 0.0115. The highest BCUT2D eigenvalue weighted by Gasteiger charge is 2.52. The second-order valence-corrected chi connectivity index (χ2v) is 24.4. The molecule has 4 aromatic rings. The molecule has 2 aliphatic rings. The Morgan fingerprint density at radius 2 is 0.871 bits per heavy atom. The van der Waals surface area contributed by atoms with Crippen molar-refractivity contribution in [2.75, 3.05) is 24.7 Å². The van der Waals surface area contributed by atoms with Crippen molar-refractivity contribution >= 4 is 96.5 Å². The van der Waals surface area contributed by atoms with Crippen LogP contribution in [0.25, 0.3) is 22.3 Å². The van der Waals surface area contributed by atoms with Crippen LogP contribution < -0.4 is 11.5 Å². The van der Waals surface area contributed by atoms with E-state index in [9.17, 15) is 76.1 Å². The van der Waals surface area contributed by atoms with Crippen LogP contribution in [0.1, 0.15) is 12.5 Å². The number of anilines is 2. The topological polar surface area (TPSA) is 651 Å². The lowest BCUT2D eigenvalue weighted by molar-refractivity contribution is -0.0501. The smallest absolute Gasteiger partial charge is 0.387 e. The summed E-state index contributed by atoms with van der Waals surface area (Å²) in [4.78, 5) is 132. The van der Waals surface area contributed by atoms with Gasteiger partial charge in [0.2, 0.25) is 0 Å². The number of ether oxygens (including phenoxy) is 2. The number of aliphatic hydroxyl groups excluding tert-OH is 2. The molecule has 6 rings (SSSR count). The Morgan fingerprint density at radius 3 is 1.29 bits per heavy atom. The minimum Gasteiger partial charge on any atom is -0.387 e. The van der Waals surface area contributed by atoms with Crippen LogP contribution in [0.15, 0.2) is 25.3 Å². The van der Waals surface area contributed by atoms with E-state index < -0.39 is 125 Å². The van der Waals surface area contributed by atoms with E-state index in [2.05, 4.69) is 65.2 Å². The van der Waals surface area contributed by atoms with Crippen molar-refractivity contribution in [3.8, 4) is 0 Å².